The molecule has 6 rings (SSSR count). The minimum absolute atomic E-state index is 0. The zero-order valence-corrected chi connectivity index (χ0v) is 20.9. The predicted molar refractivity (Wildman–Crippen MR) is 141 cm³/mol. The molecule has 186 valence electrons. The summed E-state index contributed by atoms with van der Waals surface area (Å²) in [6, 6.07) is 25.3. The molecule has 1 aromatic heterocycles. The third-order valence-electron chi connectivity index (χ3n) is 6.92. The summed E-state index contributed by atoms with van der Waals surface area (Å²) in [5.74, 6) is 1.22. The molecule has 0 spiro atoms. The Bertz CT molecular complexity index is 1460. The number of aromatic nitrogens is 2. The van der Waals surface area contributed by atoms with Gasteiger partial charge < -0.3 is 19.5 Å². The molecule has 1 amide bonds. The molecule has 1 unspecified atom stereocenters. The third kappa shape index (κ3) is 4.82. The quantitative estimate of drug-likeness (QED) is 0.396. The second-order valence-corrected chi connectivity index (χ2v) is 9.20. The van der Waals surface area contributed by atoms with E-state index < -0.39 is 0 Å². The number of nitrogens with one attached hydrogen (secondary N) is 1. The molecule has 2 aliphatic heterocycles. The topological polar surface area (TPSA) is 83.2 Å². The molecular formula is C29H26ClN5O2. The largest absolute Gasteiger partial charge is 0.456 e. The smallest absolute Gasteiger partial charge is 0.240 e. The third-order valence-corrected chi connectivity index (χ3v) is 6.92. The van der Waals surface area contributed by atoms with Crippen LogP contribution < -0.4 is 10.1 Å². The molecule has 0 saturated carbocycles. The van der Waals surface area contributed by atoms with Gasteiger partial charge in [-0.3, -0.25) is 4.79 Å². The van der Waals surface area contributed by atoms with Crippen LogP contribution in [0.4, 0.5) is 0 Å². The van der Waals surface area contributed by atoms with E-state index in [1.807, 2.05) is 65.7 Å². The second-order valence-electron chi connectivity index (χ2n) is 9.20. The van der Waals surface area contributed by atoms with Crippen LogP contribution in [0.15, 0.2) is 85.3 Å². The highest BCUT2D eigenvalue weighted by Crippen LogP contribution is 2.35. The predicted octanol–water partition coefficient (Wildman–Crippen LogP) is 4.81. The lowest BCUT2D eigenvalue weighted by Gasteiger charge is -2.29. The van der Waals surface area contributed by atoms with Crippen LogP contribution in [0.1, 0.15) is 40.4 Å². The van der Waals surface area contributed by atoms with E-state index in [1.54, 1.807) is 12.4 Å². The lowest BCUT2D eigenvalue weighted by Crippen LogP contribution is -2.40. The van der Waals surface area contributed by atoms with Gasteiger partial charge in [0.2, 0.25) is 5.91 Å². The number of fused-ring (bicyclic) bond motifs is 7. The Morgan fingerprint density at radius 2 is 1.86 bits per heavy atom. The average Bonchev–Trinajstić information content (AvgIpc) is 3.49. The molecule has 1 saturated heterocycles. The molecule has 1 N–H and O–H groups in total. The van der Waals surface area contributed by atoms with Crippen LogP contribution in [0.2, 0.25) is 0 Å². The van der Waals surface area contributed by atoms with Crippen LogP contribution in [0.5, 0.6) is 11.5 Å². The van der Waals surface area contributed by atoms with E-state index in [2.05, 4.69) is 33.1 Å². The molecule has 0 aliphatic carbocycles. The minimum Gasteiger partial charge on any atom is -0.456 e. The first-order valence-electron chi connectivity index (χ1n) is 12.1. The standard InChI is InChI=1S/C29H25N5O2.ClH/c30-15-23-10-9-20-13-27(23)36-25-8-4-7-22(14-25)28(21-5-2-1-3-6-21)34-12-11-26(29(34)35)32-17-24-16-31-19-33(24)18-20;/h1-10,13-14,16,19,26,28,32H,11-12,17-18H2;1H/t26-,28?;/m1./s1. The zero-order chi connectivity index (χ0) is 24.5. The van der Waals surface area contributed by atoms with Crippen LogP contribution in [0.25, 0.3) is 0 Å². The van der Waals surface area contributed by atoms with E-state index >= 15 is 0 Å². The summed E-state index contributed by atoms with van der Waals surface area (Å²) in [6.07, 6.45) is 4.35. The van der Waals surface area contributed by atoms with E-state index in [-0.39, 0.29) is 30.4 Å². The molecule has 2 atom stereocenters. The second kappa shape index (κ2) is 10.5. The number of rotatable bonds is 1. The fourth-order valence-electron chi connectivity index (χ4n) is 5.11. The number of imidazole rings is 1. The molecule has 7 nitrogen and oxygen atoms in total. The summed E-state index contributed by atoms with van der Waals surface area (Å²) in [6.45, 7) is 1.77. The summed E-state index contributed by atoms with van der Waals surface area (Å²) in [5, 5.41) is 13.2. The molecule has 0 radical (unpaired) electrons. The first-order chi connectivity index (χ1) is 17.7. The molecule has 37 heavy (non-hydrogen) atoms. The SMILES string of the molecule is Cl.N#Cc1ccc2cc1Oc1cccc(c1)C(c1ccccc1)N1CC[C@@H](NCc3cncn3C2)C1=O. The van der Waals surface area contributed by atoms with Crippen LogP contribution in [0.3, 0.4) is 0 Å². The van der Waals surface area contributed by atoms with Gasteiger partial charge in [0.1, 0.15) is 17.6 Å². The average molecular weight is 512 g/mol. The monoisotopic (exact) mass is 511 g/mol. The number of carbonyl (C=O) groups is 1. The maximum absolute atomic E-state index is 13.6. The van der Waals surface area contributed by atoms with Gasteiger partial charge in [0.05, 0.1) is 29.7 Å². The van der Waals surface area contributed by atoms with E-state index in [9.17, 15) is 10.1 Å². The van der Waals surface area contributed by atoms with Gasteiger partial charge in [0.15, 0.2) is 0 Å². The van der Waals surface area contributed by atoms with Crippen LogP contribution in [-0.4, -0.2) is 32.9 Å². The number of amides is 1. The fourth-order valence-corrected chi connectivity index (χ4v) is 5.11. The number of nitrogens with zero attached hydrogens (tertiary/aromatic N) is 4. The van der Waals surface area contributed by atoms with Crippen molar-refractivity contribution in [1.82, 2.24) is 19.8 Å². The van der Waals surface area contributed by atoms with Gasteiger partial charge in [-0.15, -0.1) is 12.4 Å². The Kier molecular flexibility index (Phi) is 6.95. The highest BCUT2D eigenvalue weighted by Gasteiger charge is 2.37. The fraction of sp³-hybridized carbons (Fsp3) is 0.207. The summed E-state index contributed by atoms with van der Waals surface area (Å²) in [5.41, 5.74) is 4.46. The number of benzene rings is 3. The van der Waals surface area contributed by atoms with Crippen molar-refractivity contribution in [3.05, 3.63) is 113 Å². The van der Waals surface area contributed by atoms with E-state index in [4.69, 9.17) is 4.74 Å². The van der Waals surface area contributed by atoms with Gasteiger partial charge in [-0.1, -0.05) is 48.5 Å². The summed E-state index contributed by atoms with van der Waals surface area (Å²) in [7, 11) is 0. The molecule has 3 aromatic carbocycles. The van der Waals surface area contributed by atoms with Crippen LogP contribution in [0, 0.1) is 11.3 Å². The highest BCUT2D eigenvalue weighted by atomic mass is 35.5. The lowest BCUT2D eigenvalue weighted by atomic mass is 9.97. The first kappa shape index (κ1) is 24.6. The molecule has 3 heterocycles. The first-order valence-corrected chi connectivity index (χ1v) is 12.1. The van der Waals surface area contributed by atoms with Crippen molar-refractivity contribution < 1.29 is 9.53 Å². The molecule has 2 aliphatic rings. The Morgan fingerprint density at radius 1 is 1.03 bits per heavy atom. The van der Waals surface area contributed by atoms with Crippen molar-refractivity contribution in [2.24, 2.45) is 0 Å². The molecule has 1 fully saturated rings. The van der Waals surface area contributed by atoms with Gasteiger partial charge >= 0.3 is 0 Å². The normalized spacial score (nSPS) is 18.8. The Balaban J connectivity index is 0.00000280. The molecule has 8 heteroatoms. The molecule has 4 aromatic rings. The Labute approximate surface area is 221 Å². The Hall–Kier alpha value is -4.12. The summed E-state index contributed by atoms with van der Waals surface area (Å²) >= 11 is 0. The molecule has 6 bridgehead atoms. The van der Waals surface area contributed by atoms with Crippen molar-refractivity contribution in [3.8, 4) is 17.6 Å². The van der Waals surface area contributed by atoms with Crippen LogP contribution >= 0.6 is 12.4 Å². The van der Waals surface area contributed by atoms with Gasteiger partial charge in [-0.05, 0) is 47.4 Å². The van der Waals surface area contributed by atoms with Crippen molar-refractivity contribution in [2.45, 2.75) is 31.6 Å². The van der Waals surface area contributed by atoms with E-state index in [0.717, 1.165) is 28.8 Å². The summed E-state index contributed by atoms with van der Waals surface area (Å²) < 4.78 is 8.33. The minimum atomic E-state index is -0.256. The maximum atomic E-state index is 13.6. The maximum Gasteiger partial charge on any atom is 0.240 e. The Morgan fingerprint density at radius 3 is 2.70 bits per heavy atom. The van der Waals surface area contributed by atoms with Gasteiger partial charge in [-0.25, -0.2) is 4.98 Å². The summed E-state index contributed by atoms with van der Waals surface area (Å²) in [4.78, 5) is 19.9. The van der Waals surface area contributed by atoms with E-state index in [1.165, 1.54) is 0 Å². The number of carbonyl (C=O) groups excluding carboxylic acids is 1. The lowest BCUT2D eigenvalue weighted by molar-refractivity contribution is -0.130. The van der Waals surface area contributed by atoms with Crippen LogP contribution in [-0.2, 0) is 17.9 Å². The zero-order valence-electron chi connectivity index (χ0n) is 20.1. The number of hydrogen-bond acceptors (Lipinski definition) is 5. The van der Waals surface area contributed by atoms with Crippen molar-refractivity contribution in [2.75, 3.05) is 6.54 Å². The van der Waals surface area contributed by atoms with Gasteiger partial charge in [0.25, 0.3) is 0 Å². The molecular weight excluding hydrogens is 486 g/mol. The van der Waals surface area contributed by atoms with Gasteiger partial charge in [-0.2, -0.15) is 5.26 Å². The number of hydrogen-bond donors (Lipinski definition) is 1. The van der Waals surface area contributed by atoms with E-state index in [0.29, 0.717) is 36.7 Å². The van der Waals surface area contributed by atoms with Crippen molar-refractivity contribution in [3.63, 3.8) is 0 Å². The highest BCUT2D eigenvalue weighted by molar-refractivity contribution is 5.85. The van der Waals surface area contributed by atoms with Crippen molar-refractivity contribution >= 4 is 18.3 Å². The van der Waals surface area contributed by atoms with Crippen molar-refractivity contribution in [1.29, 1.82) is 5.26 Å². The van der Waals surface area contributed by atoms with Gasteiger partial charge in [0, 0.05) is 25.8 Å². The number of halogens is 1. The number of nitriles is 1. The number of ether oxygens (including phenoxy) is 1.